The van der Waals surface area contributed by atoms with Crippen LogP contribution >= 0.6 is 0 Å². The van der Waals surface area contributed by atoms with Crippen LogP contribution in [0.15, 0.2) is 72.8 Å². The molecule has 0 unspecified atom stereocenters. The zero-order chi connectivity index (χ0) is 21.3. The second-order valence-corrected chi connectivity index (χ2v) is 6.78. The van der Waals surface area contributed by atoms with E-state index in [1.165, 1.54) is 5.56 Å². The lowest BCUT2D eigenvalue weighted by Crippen LogP contribution is -2.34. The van der Waals surface area contributed by atoms with Crippen molar-refractivity contribution in [2.24, 2.45) is 0 Å². The molecule has 30 heavy (non-hydrogen) atoms. The molecule has 0 radical (unpaired) electrons. The number of rotatable bonds is 7. The highest BCUT2D eigenvalue weighted by atomic mass is 16.5. The number of benzene rings is 3. The van der Waals surface area contributed by atoms with Crippen molar-refractivity contribution in [3.05, 3.63) is 83.9 Å². The maximum absolute atomic E-state index is 12.3. The van der Waals surface area contributed by atoms with Crippen LogP contribution < -0.4 is 14.8 Å². The summed E-state index contributed by atoms with van der Waals surface area (Å²) >= 11 is 0. The third-order valence-electron chi connectivity index (χ3n) is 4.39. The van der Waals surface area contributed by atoms with Crippen LogP contribution in [0.4, 0.5) is 10.5 Å². The normalized spacial score (nSPS) is 10.0. The number of nitriles is 1. The topological polar surface area (TPSA) is 74.6 Å². The van der Waals surface area contributed by atoms with Crippen molar-refractivity contribution in [1.82, 2.24) is 4.90 Å². The molecule has 0 heterocycles. The molecule has 0 saturated carbocycles. The first kappa shape index (κ1) is 20.7. The molecule has 0 fully saturated rings. The van der Waals surface area contributed by atoms with E-state index in [0.717, 1.165) is 5.75 Å². The summed E-state index contributed by atoms with van der Waals surface area (Å²) in [5, 5.41) is 11.7. The minimum Gasteiger partial charge on any atom is -0.492 e. The summed E-state index contributed by atoms with van der Waals surface area (Å²) < 4.78 is 11.4. The Morgan fingerprint density at radius 1 is 0.933 bits per heavy atom. The van der Waals surface area contributed by atoms with E-state index in [1.807, 2.05) is 31.2 Å². The molecule has 3 aromatic rings. The van der Waals surface area contributed by atoms with Crippen LogP contribution in [0.1, 0.15) is 11.1 Å². The van der Waals surface area contributed by atoms with E-state index in [4.69, 9.17) is 14.7 Å². The summed E-state index contributed by atoms with van der Waals surface area (Å²) in [6, 6.07) is 23.6. The minimum absolute atomic E-state index is 0.219. The molecule has 0 saturated heterocycles. The van der Waals surface area contributed by atoms with Crippen LogP contribution in [0.2, 0.25) is 0 Å². The Morgan fingerprint density at radius 3 is 2.10 bits per heavy atom. The molecular weight excluding hydrogens is 378 g/mol. The van der Waals surface area contributed by atoms with Crippen LogP contribution in [0.25, 0.3) is 0 Å². The maximum Gasteiger partial charge on any atom is 0.321 e. The minimum atomic E-state index is -0.219. The molecule has 152 valence electrons. The number of likely N-dealkylation sites (N-methyl/N-ethyl adjacent to an activating group) is 1. The van der Waals surface area contributed by atoms with Crippen LogP contribution in [0.3, 0.4) is 0 Å². The number of hydrogen-bond acceptors (Lipinski definition) is 4. The molecule has 0 aliphatic carbocycles. The SMILES string of the molecule is Cc1ccc(OCCN(C)C(=O)Nc2ccc(Oc3ccc(C#N)cc3)cc2)cc1. The molecule has 6 heteroatoms. The second-order valence-electron chi connectivity index (χ2n) is 6.78. The number of nitrogens with one attached hydrogen (secondary N) is 1. The molecule has 0 atom stereocenters. The molecule has 3 aromatic carbocycles. The Balaban J connectivity index is 1.46. The van der Waals surface area contributed by atoms with E-state index in [1.54, 1.807) is 60.5 Å². The van der Waals surface area contributed by atoms with Gasteiger partial charge in [0.1, 0.15) is 23.9 Å². The number of hydrogen-bond donors (Lipinski definition) is 1. The predicted octanol–water partition coefficient (Wildman–Crippen LogP) is 5.20. The maximum atomic E-state index is 12.3. The molecule has 0 aromatic heterocycles. The Hall–Kier alpha value is -3.98. The fraction of sp³-hybridized carbons (Fsp3) is 0.167. The number of ether oxygens (including phenoxy) is 2. The number of amides is 2. The zero-order valence-corrected chi connectivity index (χ0v) is 17.0. The Kier molecular flexibility index (Phi) is 6.91. The fourth-order valence-electron chi connectivity index (χ4n) is 2.60. The smallest absolute Gasteiger partial charge is 0.321 e. The van der Waals surface area contributed by atoms with E-state index in [-0.39, 0.29) is 6.03 Å². The summed E-state index contributed by atoms with van der Waals surface area (Å²) in [6.07, 6.45) is 0. The van der Waals surface area contributed by atoms with Crippen molar-refractivity contribution < 1.29 is 14.3 Å². The molecular formula is C24H23N3O3. The van der Waals surface area contributed by atoms with Crippen LogP contribution in [0.5, 0.6) is 17.2 Å². The first-order valence-corrected chi connectivity index (χ1v) is 9.53. The summed E-state index contributed by atoms with van der Waals surface area (Å²) in [6.45, 7) is 2.89. The van der Waals surface area contributed by atoms with Crippen molar-refractivity contribution in [2.75, 3.05) is 25.5 Å². The average molecular weight is 401 g/mol. The van der Waals surface area contributed by atoms with Gasteiger partial charge in [0.25, 0.3) is 0 Å². The molecule has 3 rings (SSSR count). The number of anilines is 1. The van der Waals surface area contributed by atoms with Crippen LogP contribution in [-0.4, -0.2) is 31.1 Å². The second kappa shape index (κ2) is 9.99. The highest BCUT2D eigenvalue weighted by Gasteiger charge is 2.09. The van der Waals surface area contributed by atoms with Gasteiger partial charge in [0.2, 0.25) is 0 Å². The van der Waals surface area contributed by atoms with Crippen molar-refractivity contribution in [3.63, 3.8) is 0 Å². The number of nitrogens with zero attached hydrogens (tertiary/aromatic N) is 2. The molecule has 6 nitrogen and oxygen atoms in total. The van der Waals surface area contributed by atoms with E-state index in [2.05, 4.69) is 11.4 Å². The van der Waals surface area contributed by atoms with Gasteiger partial charge in [-0.05, 0) is 67.6 Å². The summed E-state index contributed by atoms with van der Waals surface area (Å²) in [4.78, 5) is 13.9. The predicted molar refractivity (Wildman–Crippen MR) is 116 cm³/mol. The van der Waals surface area contributed by atoms with Gasteiger partial charge in [-0.1, -0.05) is 17.7 Å². The molecule has 0 aliphatic heterocycles. The van der Waals surface area contributed by atoms with Gasteiger partial charge in [-0.15, -0.1) is 0 Å². The largest absolute Gasteiger partial charge is 0.492 e. The Bertz CT molecular complexity index is 1010. The van der Waals surface area contributed by atoms with E-state index in [0.29, 0.717) is 35.9 Å². The average Bonchev–Trinajstić information content (AvgIpc) is 2.77. The van der Waals surface area contributed by atoms with E-state index >= 15 is 0 Å². The van der Waals surface area contributed by atoms with Crippen LogP contribution in [0, 0.1) is 18.3 Å². The van der Waals surface area contributed by atoms with Crippen molar-refractivity contribution >= 4 is 11.7 Å². The van der Waals surface area contributed by atoms with E-state index in [9.17, 15) is 4.79 Å². The summed E-state index contributed by atoms with van der Waals surface area (Å²) in [7, 11) is 1.72. The number of carbonyl (C=O) groups excluding carboxylic acids is 1. The highest BCUT2D eigenvalue weighted by molar-refractivity contribution is 5.89. The Morgan fingerprint density at radius 2 is 1.50 bits per heavy atom. The lowest BCUT2D eigenvalue weighted by atomic mass is 10.2. The highest BCUT2D eigenvalue weighted by Crippen LogP contribution is 2.23. The lowest BCUT2D eigenvalue weighted by molar-refractivity contribution is 0.207. The molecule has 0 bridgehead atoms. The monoisotopic (exact) mass is 401 g/mol. The third-order valence-corrected chi connectivity index (χ3v) is 4.39. The van der Waals surface area contributed by atoms with Gasteiger partial charge in [-0.25, -0.2) is 4.79 Å². The third kappa shape index (κ3) is 6.01. The lowest BCUT2D eigenvalue weighted by Gasteiger charge is -2.18. The first-order chi connectivity index (χ1) is 14.5. The van der Waals surface area contributed by atoms with Crippen LogP contribution in [-0.2, 0) is 0 Å². The standard InChI is InChI=1S/C24H23N3O3/c1-18-3-9-21(10-4-18)29-16-15-27(2)24(28)26-20-7-13-23(14-8-20)30-22-11-5-19(17-25)6-12-22/h3-14H,15-16H2,1-2H3,(H,26,28). The molecule has 0 spiro atoms. The number of aryl methyl sites for hydroxylation is 1. The van der Waals surface area contributed by atoms with Crippen molar-refractivity contribution in [3.8, 4) is 23.3 Å². The van der Waals surface area contributed by atoms with Gasteiger partial charge < -0.3 is 19.7 Å². The van der Waals surface area contributed by atoms with Crippen molar-refractivity contribution in [2.45, 2.75) is 6.92 Å². The van der Waals surface area contributed by atoms with E-state index < -0.39 is 0 Å². The van der Waals surface area contributed by atoms with Gasteiger partial charge in [0, 0.05) is 12.7 Å². The van der Waals surface area contributed by atoms with Gasteiger partial charge in [0.05, 0.1) is 18.2 Å². The van der Waals surface area contributed by atoms with Gasteiger partial charge in [-0.2, -0.15) is 5.26 Å². The fourth-order valence-corrected chi connectivity index (χ4v) is 2.60. The summed E-state index contributed by atoms with van der Waals surface area (Å²) in [5.74, 6) is 2.06. The number of urea groups is 1. The quantitative estimate of drug-likeness (QED) is 0.590. The van der Waals surface area contributed by atoms with Crippen molar-refractivity contribution in [1.29, 1.82) is 5.26 Å². The Labute approximate surface area is 176 Å². The molecule has 2 amide bonds. The van der Waals surface area contributed by atoms with Gasteiger partial charge in [-0.3, -0.25) is 0 Å². The van der Waals surface area contributed by atoms with Gasteiger partial charge >= 0.3 is 6.03 Å². The first-order valence-electron chi connectivity index (χ1n) is 9.53. The molecule has 0 aliphatic rings. The number of carbonyl (C=O) groups is 1. The molecule has 1 N–H and O–H groups in total. The zero-order valence-electron chi connectivity index (χ0n) is 17.0. The van der Waals surface area contributed by atoms with Gasteiger partial charge in [0.15, 0.2) is 0 Å². The summed E-state index contributed by atoms with van der Waals surface area (Å²) in [5.41, 5.74) is 2.42.